The van der Waals surface area contributed by atoms with Crippen LogP contribution < -0.4 is 0 Å². The van der Waals surface area contributed by atoms with Crippen molar-refractivity contribution >= 4 is 11.6 Å². The van der Waals surface area contributed by atoms with Gasteiger partial charge in [0.1, 0.15) is 5.15 Å². The summed E-state index contributed by atoms with van der Waals surface area (Å²) in [5, 5.41) is 15.5. The maximum Gasteiger partial charge on any atom is 0.130 e. The third-order valence-electron chi connectivity index (χ3n) is 3.26. The van der Waals surface area contributed by atoms with E-state index in [2.05, 4.69) is 5.10 Å². The maximum atomic E-state index is 10.6. The molecule has 19 heavy (non-hydrogen) atoms. The normalized spacial score (nSPS) is 14.4. The molecule has 0 saturated carbocycles. The number of aromatic nitrogens is 2. The van der Waals surface area contributed by atoms with E-state index < -0.39 is 5.60 Å². The first-order chi connectivity index (χ1) is 8.89. The standard InChI is InChI=1S/C15H19ClN2O/c1-11-13(14(16)18(3)17-11)10-15(2,19)9-12-7-5-4-6-8-12/h4-8,19H,9-10H2,1-3H3. The average molecular weight is 279 g/mol. The van der Waals surface area contributed by atoms with Crippen LogP contribution >= 0.6 is 11.6 Å². The first kappa shape index (κ1) is 14.1. The topological polar surface area (TPSA) is 38.0 Å². The number of benzene rings is 1. The van der Waals surface area contributed by atoms with Crippen LogP contribution in [0.25, 0.3) is 0 Å². The highest BCUT2D eigenvalue weighted by Crippen LogP contribution is 2.25. The van der Waals surface area contributed by atoms with Gasteiger partial charge in [0.25, 0.3) is 0 Å². The molecule has 0 aliphatic heterocycles. The van der Waals surface area contributed by atoms with Crippen LogP contribution in [0.1, 0.15) is 23.7 Å². The lowest BCUT2D eigenvalue weighted by Crippen LogP contribution is -2.30. The van der Waals surface area contributed by atoms with Crippen molar-refractivity contribution in [2.24, 2.45) is 7.05 Å². The molecule has 4 heteroatoms. The highest BCUT2D eigenvalue weighted by atomic mass is 35.5. The number of hydrogen-bond acceptors (Lipinski definition) is 2. The predicted octanol–water partition coefficient (Wildman–Crippen LogP) is 2.92. The second-order valence-electron chi connectivity index (χ2n) is 5.31. The third kappa shape index (κ3) is 3.37. The lowest BCUT2D eigenvalue weighted by Gasteiger charge is -2.23. The molecule has 1 N–H and O–H groups in total. The van der Waals surface area contributed by atoms with E-state index in [1.807, 2.05) is 51.2 Å². The Morgan fingerprint density at radius 3 is 2.42 bits per heavy atom. The SMILES string of the molecule is Cc1nn(C)c(Cl)c1CC(C)(O)Cc1ccccc1. The summed E-state index contributed by atoms with van der Waals surface area (Å²) >= 11 is 6.21. The van der Waals surface area contributed by atoms with Crippen molar-refractivity contribution in [3.8, 4) is 0 Å². The Kier molecular flexibility index (Phi) is 3.97. The van der Waals surface area contributed by atoms with Gasteiger partial charge in [-0.25, -0.2) is 0 Å². The van der Waals surface area contributed by atoms with E-state index in [1.165, 1.54) is 0 Å². The van der Waals surface area contributed by atoms with Gasteiger partial charge < -0.3 is 5.11 Å². The first-order valence-corrected chi connectivity index (χ1v) is 6.71. The third-order valence-corrected chi connectivity index (χ3v) is 3.73. The lowest BCUT2D eigenvalue weighted by molar-refractivity contribution is 0.0607. The van der Waals surface area contributed by atoms with Crippen LogP contribution in [-0.2, 0) is 19.9 Å². The first-order valence-electron chi connectivity index (χ1n) is 6.33. The maximum absolute atomic E-state index is 10.6. The average Bonchev–Trinajstić information content (AvgIpc) is 2.56. The number of rotatable bonds is 4. The molecule has 2 aromatic rings. The molecule has 1 unspecified atom stereocenters. The van der Waals surface area contributed by atoms with Crippen molar-refractivity contribution in [2.45, 2.75) is 32.3 Å². The number of aliphatic hydroxyl groups is 1. The number of hydrogen-bond donors (Lipinski definition) is 1. The van der Waals surface area contributed by atoms with E-state index in [0.29, 0.717) is 18.0 Å². The lowest BCUT2D eigenvalue weighted by atomic mass is 9.90. The number of aryl methyl sites for hydroxylation is 2. The zero-order chi connectivity index (χ0) is 14.0. The molecule has 0 spiro atoms. The van der Waals surface area contributed by atoms with Crippen molar-refractivity contribution in [3.63, 3.8) is 0 Å². The fraction of sp³-hybridized carbons (Fsp3) is 0.400. The highest BCUT2D eigenvalue weighted by molar-refractivity contribution is 6.30. The van der Waals surface area contributed by atoms with Crippen LogP contribution in [0, 0.1) is 6.92 Å². The summed E-state index contributed by atoms with van der Waals surface area (Å²) in [6.07, 6.45) is 1.10. The largest absolute Gasteiger partial charge is 0.389 e. The molecule has 0 aliphatic rings. The molecular weight excluding hydrogens is 260 g/mol. The number of nitrogens with zero attached hydrogens (tertiary/aromatic N) is 2. The Hall–Kier alpha value is -1.32. The van der Waals surface area contributed by atoms with E-state index in [9.17, 15) is 5.11 Å². The Morgan fingerprint density at radius 1 is 1.26 bits per heavy atom. The molecule has 102 valence electrons. The van der Waals surface area contributed by atoms with Gasteiger partial charge in [-0.3, -0.25) is 4.68 Å². The molecule has 0 radical (unpaired) electrons. The van der Waals surface area contributed by atoms with Gasteiger partial charge in [0.05, 0.1) is 11.3 Å². The number of halogens is 1. The van der Waals surface area contributed by atoms with Gasteiger partial charge >= 0.3 is 0 Å². The monoisotopic (exact) mass is 278 g/mol. The fourth-order valence-corrected chi connectivity index (χ4v) is 2.60. The summed E-state index contributed by atoms with van der Waals surface area (Å²) in [5.41, 5.74) is 2.08. The quantitative estimate of drug-likeness (QED) is 0.934. The van der Waals surface area contributed by atoms with E-state index in [-0.39, 0.29) is 0 Å². The summed E-state index contributed by atoms with van der Waals surface area (Å²) in [6.45, 7) is 3.75. The summed E-state index contributed by atoms with van der Waals surface area (Å²) in [7, 11) is 1.81. The van der Waals surface area contributed by atoms with Gasteiger partial charge in [0.2, 0.25) is 0 Å². The fourth-order valence-electron chi connectivity index (χ4n) is 2.35. The summed E-state index contributed by atoms with van der Waals surface area (Å²) in [5.74, 6) is 0. The molecule has 0 saturated heterocycles. The Morgan fingerprint density at radius 2 is 1.89 bits per heavy atom. The van der Waals surface area contributed by atoms with E-state index in [1.54, 1.807) is 4.68 Å². The zero-order valence-electron chi connectivity index (χ0n) is 11.5. The minimum Gasteiger partial charge on any atom is -0.389 e. The Bertz CT molecular complexity index is 561. The molecule has 0 fully saturated rings. The smallest absolute Gasteiger partial charge is 0.130 e. The van der Waals surface area contributed by atoms with Crippen LogP contribution in [0.3, 0.4) is 0 Å². The summed E-state index contributed by atoms with van der Waals surface area (Å²) in [4.78, 5) is 0. The second kappa shape index (κ2) is 5.35. The van der Waals surface area contributed by atoms with Crippen molar-refractivity contribution in [1.29, 1.82) is 0 Å². The minimum absolute atomic E-state index is 0.500. The van der Waals surface area contributed by atoms with Crippen molar-refractivity contribution in [2.75, 3.05) is 0 Å². The summed E-state index contributed by atoms with van der Waals surface area (Å²) < 4.78 is 1.64. The summed E-state index contributed by atoms with van der Waals surface area (Å²) in [6, 6.07) is 9.97. The molecular formula is C15H19ClN2O. The van der Waals surface area contributed by atoms with Gasteiger partial charge in [-0.15, -0.1) is 0 Å². The van der Waals surface area contributed by atoms with Gasteiger partial charge in [-0.05, 0) is 19.4 Å². The minimum atomic E-state index is -0.835. The van der Waals surface area contributed by atoms with Crippen LogP contribution in [0.4, 0.5) is 0 Å². The molecule has 1 heterocycles. The highest BCUT2D eigenvalue weighted by Gasteiger charge is 2.25. The van der Waals surface area contributed by atoms with Gasteiger partial charge in [-0.1, -0.05) is 41.9 Å². The van der Waals surface area contributed by atoms with Crippen LogP contribution in [0.2, 0.25) is 5.15 Å². The molecule has 0 bridgehead atoms. The van der Waals surface area contributed by atoms with Gasteiger partial charge in [0.15, 0.2) is 0 Å². The van der Waals surface area contributed by atoms with Crippen LogP contribution in [-0.4, -0.2) is 20.5 Å². The van der Waals surface area contributed by atoms with Gasteiger partial charge in [-0.2, -0.15) is 5.10 Å². The van der Waals surface area contributed by atoms with Crippen LogP contribution in [0.5, 0.6) is 0 Å². The van der Waals surface area contributed by atoms with E-state index in [4.69, 9.17) is 11.6 Å². The molecule has 1 atom stereocenters. The Labute approximate surface area is 118 Å². The van der Waals surface area contributed by atoms with E-state index in [0.717, 1.165) is 16.8 Å². The van der Waals surface area contributed by atoms with Crippen molar-refractivity contribution < 1.29 is 5.11 Å². The molecule has 0 aliphatic carbocycles. The van der Waals surface area contributed by atoms with Crippen molar-refractivity contribution in [1.82, 2.24) is 9.78 Å². The molecule has 0 amide bonds. The zero-order valence-corrected chi connectivity index (χ0v) is 12.3. The molecule has 3 nitrogen and oxygen atoms in total. The molecule has 1 aromatic carbocycles. The second-order valence-corrected chi connectivity index (χ2v) is 5.67. The predicted molar refractivity (Wildman–Crippen MR) is 77.4 cm³/mol. The van der Waals surface area contributed by atoms with Crippen molar-refractivity contribution in [3.05, 3.63) is 52.3 Å². The van der Waals surface area contributed by atoms with E-state index >= 15 is 0 Å². The Balaban J connectivity index is 2.17. The molecule has 2 rings (SSSR count). The van der Waals surface area contributed by atoms with Crippen LogP contribution in [0.15, 0.2) is 30.3 Å². The molecule has 1 aromatic heterocycles. The van der Waals surface area contributed by atoms with Gasteiger partial charge in [0, 0.05) is 25.5 Å².